The van der Waals surface area contributed by atoms with E-state index in [0.717, 1.165) is 78.1 Å². The van der Waals surface area contributed by atoms with Crippen LogP contribution in [0.5, 0.6) is 28.7 Å². The molecule has 0 aliphatic carbocycles. The van der Waals surface area contributed by atoms with Gasteiger partial charge in [0.1, 0.15) is 28.7 Å². The zero-order valence-corrected chi connectivity index (χ0v) is 40.7. The first-order chi connectivity index (χ1) is 33.1. The molecule has 0 heterocycles. The molecule has 69 heavy (non-hydrogen) atoms. The minimum atomic E-state index is 0.0592. The van der Waals surface area contributed by atoms with Crippen LogP contribution in [0.4, 0.5) is 0 Å². The Morgan fingerprint density at radius 3 is 1.20 bits per heavy atom. The van der Waals surface area contributed by atoms with Gasteiger partial charge in [0.15, 0.2) is 28.9 Å². The second-order valence-corrected chi connectivity index (χ2v) is 15.3. The predicted octanol–water partition coefficient (Wildman–Crippen LogP) is 13.5. The standard InChI is InChI=1S/C15H14O2.2C13H12O2.2C9H10O2/c1-11(16)12-3-5-13(6-4-12)14-7-9-15(17-2)10-8-14;1-9(14)10-5-3-7-12-11(10)6-4-8-13(12)15-2;1-9(14)10-3-4-12-8-13(15-2)6-5-11(12)7-10;1-7(10)8-3-5-9(11-2)6-4-8;1-7(10)8-4-3-5-9(6-8)11-2/h3-10H,1-2H3;2*3-8H,1-2H3;2*3-6H,1-2H3. The van der Waals surface area contributed by atoms with Crippen molar-refractivity contribution < 1.29 is 47.7 Å². The summed E-state index contributed by atoms with van der Waals surface area (Å²) < 4.78 is 25.4. The molecule has 0 spiro atoms. The third-order valence-electron chi connectivity index (χ3n) is 10.6. The second-order valence-electron chi connectivity index (χ2n) is 15.3. The molecule has 0 amide bonds. The molecule has 10 heteroatoms. The minimum absolute atomic E-state index is 0.0592. The highest BCUT2D eigenvalue weighted by Crippen LogP contribution is 2.28. The van der Waals surface area contributed by atoms with Gasteiger partial charge in [0.05, 0.1) is 35.5 Å². The Bertz CT molecular complexity index is 2990. The van der Waals surface area contributed by atoms with Crippen LogP contribution in [0.1, 0.15) is 86.4 Å². The van der Waals surface area contributed by atoms with Gasteiger partial charge in [-0.1, -0.05) is 97.1 Å². The molecule has 8 rings (SSSR count). The van der Waals surface area contributed by atoms with Gasteiger partial charge in [0.25, 0.3) is 0 Å². The monoisotopic (exact) mass is 926 g/mol. The first-order valence-corrected chi connectivity index (χ1v) is 21.8. The predicted molar refractivity (Wildman–Crippen MR) is 275 cm³/mol. The fourth-order valence-corrected chi connectivity index (χ4v) is 6.68. The molecule has 354 valence electrons. The number of hydrogen-bond acceptors (Lipinski definition) is 10. The Morgan fingerprint density at radius 1 is 0.304 bits per heavy atom. The summed E-state index contributed by atoms with van der Waals surface area (Å²) in [7, 11) is 8.11. The summed E-state index contributed by atoms with van der Waals surface area (Å²) in [6.45, 7) is 7.80. The Kier molecular flexibility index (Phi) is 20.6. The summed E-state index contributed by atoms with van der Waals surface area (Å²) in [5.41, 5.74) is 5.83. The van der Waals surface area contributed by atoms with Gasteiger partial charge >= 0.3 is 0 Å². The van der Waals surface area contributed by atoms with Crippen LogP contribution in [0.3, 0.4) is 0 Å². The van der Waals surface area contributed by atoms with Gasteiger partial charge in [0, 0.05) is 33.2 Å². The van der Waals surface area contributed by atoms with Crippen LogP contribution in [0.15, 0.2) is 170 Å². The molecular weight excluding hydrogens is 869 g/mol. The number of methoxy groups -OCH3 is 5. The topological polar surface area (TPSA) is 132 Å². The van der Waals surface area contributed by atoms with Crippen molar-refractivity contribution in [1.82, 2.24) is 0 Å². The van der Waals surface area contributed by atoms with Crippen molar-refractivity contribution in [1.29, 1.82) is 0 Å². The number of ketones is 5. The number of ether oxygens (including phenoxy) is 5. The largest absolute Gasteiger partial charge is 0.497 e. The maximum absolute atomic E-state index is 11.4. The molecule has 8 aromatic carbocycles. The van der Waals surface area contributed by atoms with Gasteiger partial charge in [-0.3, -0.25) is 24.0 Å². The molecule has 0 bridgehead atoms. The minimum Gasteiger partial charge on any atom is -0.497 e. The van der Waals surface area contributed by atoms with E-state index >= 15 is 0 Å². The molecule has 0 aromatic heterocycles. The zero-order valence-electron chi connectivity index (χ0n) is 40.7. The fourth-order valence-electron chi connectivity index (χ4n) is 6.68. The number of carbonyl (C=O) groups excluding carboxylic acids is 5. The summed E-state index contributed by atoms with van der Waals surface area (Å²) in [6.07, 6.45) is 0. The summed E-state index contributed by atoms with van der Waals surface area (Å²) in [4.78, 5) is 55.4. The maximum atomic E-state index is 11.4. The Labute approximate surface area is 404 Å². The summed E-state index contributed by atoms with van der Waals surface area (Å²) in [5.74, 6) is 4.36. The number of benzene rings is 8. The lowest BCUT2D eigenvalue weighted by Gasteiger charge is -2.07. The molecular formula is C59H58O10. The average Bonchev–Trinajstić information content (AvgIpc) is 3.38. The van der Waals surface area contributed by atoms with E-state index in [1.165, 1.54) is 6.92 Å². The smallest absolute Gasteiger partial charge is 0.160 e. The lowest BCUT2D eigenvalue weighted by atomic mass is 10.0. The van der Waals surface area contributed by atoms with Crippen molar-refractivity contribution in [2.24, 2.45) is 0 Å². The van der Waals surface area contributed by atoms with E-state index < -0.39 is 0 Å². The molecule has 0 N–H and O–H groups in total. The lowest BCUT2D eigenvalue weighted by molar-refractivity contribution is 0.100. The highest BCUT2D eigenvalue weighted by atomic mass is 16.5. The van der Waals surface area contributed by atoms with Gasteiger partial charge in [-0.2, -0.15) is 0 Å². The fraction of sp³-hybridized carbons (Fsp3) is 0.169. The van der Waals surface area contributed by atoms with Gasteiger partial charge < -0.3 is 23.7 Å². The number of carbonyl (C=O) groups is 5. The van der Waals surface area contributed by atoms with Crippen LogP contribution in [0.2, 0.25) is 0 Å². The van der Waals surface area contributed by atoms with Gasteiger partial charge in [-0.05, 0) is 135 Å². The molecule has 0 fully saturated rings. The molecule has 0 aliphatic rings. The molecule has 0 saturated heterocycles. The van der Waals surface area contributed by atoms with Crippen molar-refractivity contribution in [3.05, 3.63) is 198 Å². The third kappa shape index (κ3) is 15.9. The lowest BCUT2D eigenvalue weighted by Crippen LogP contribution is -1.94. The highest BCUT2D eigenvalue weighted by Gasteiger charge is 2.08. The summed E-state index contributed by atoms with van der Waals surface area (Å²) in [5, 5.41) is 4.07. The summed E-state index contributed by atoms with van der Waals surface area (Å²) >= 11 is 0. The van der Waals surface area contributed by atoms with Crippen molar-refractivity contribution in [2.45, 2.75) is 34.6 Å². The van der Waals surface area contributed by atoms with Crippen LogP contribution in [0.25, 0.3) is 32.7 Å². The van der Waals surface area contributed by atoms with E-state index in [-0.39, 0.29) is 28.9 Å². The van der Waals surface area contributed by atoms with Crippen molar-refractivity contribution in [2.75, 3.05) is 35.5 Å². The van der Waals surface area contributed by atoms with Crippen molar-refractivity contribution in [3.8, 4) is 39.9 Å². The molecule has 0 saturated carbocycles. The molecule has 10 nitrogen and oxygen atoms in total. The van der Waals surface area contributed by atoms with Crippen LogP contribution < -0.4 is 23.7 Å². The molecule has 0 radical (unpaired) electrons. The van der Waals surface area contributed by atoms with E-state index in [9.17, 15) is 24.0 Å². The first kappa shape index (κ1) is 53.2. The Hall–Kier alpha value is -8.37. The SMILES string of the molecule is COc1ccc(-c2ccc(C(C)=O)cc2)cc1.COc1ccc(C(C)=O)cc1.COc1ccc2cc(C(C)=O)ccc2c1.COc1cccc(C(C)=O)c1.COc1cccc2c(C(C)=O)cccc12. The number of rotatable bonds is 11. The van der Waals surface area contributed by atoms with Crippen LogP contribution >= 0.6 is 0 Å². The van der Waals surface area contributed by atoms with Crippen LogP contribution in [0, 0.1) is 0 Å². The average molecular weight is 927 g/mol. The van der Waals surface area contributed by atoms with E-state index in [4.69, 9.17) is 23.7 Å². The normalized spacial score (nSPS) is 9.88. The summed E-state index contributed by atoms with van der Waals surface area (Å²) in [6, 6.07) is 52.5. The quantitative estimate of drug-likeness (QED) is 0.116. The van der Waals surface area contributed by atoms with E-state index in [1.807, 2.05) is 127 Å². The maximum Gasteiger partial charge on any atom is 0.160 e. The second kappa shape index (κ2) is 26.7. The number of Topliss-reactive ketones (excluding diaryl/α,β-unsaturated/α-hetero) is 5. The van der Waals surface area contributed by atoms with Gasteiger partial charge in [-0.25, -0.2) is 0 Å². The van der Waals surface area contributed by atoms with Crippen LogP contribution in [-0.4, -0.2) is 64.5 Å². The van der Waals surface area contributed by atoms with Crippen molar-refractivity contribution in [3.63, 3.8) is 0 Å². The van der Waals surface area contributed by atoms with E-state index in [1.54, 1.807) is 106 Å². The first-order valence-electron chi connectivity index (χ1n) is 21.8. The highest BCUT2D eigenvalue weighted by molar-refractivity contribution is 6.08. The number of fused-ring (bicyclic) bond motifs is 2. The number of hydrogen-bond donors (Lipinski definition) is 0. The Balaban J connectivity index is 0.000000190. The molecule has 0 aliphatic heterocycles. The van der Waals surface area contributed by atoms with Gasteiger partial charge in [0.2, 0.25) is 0 Å². The van der Waals surface area contributed by atoms with Crippen molar-refractivity contribution >= 4 is 50.5 Å². The van der Waals surface area contributed by atoms with Gasteiger partial charge in [-0.15, -0.1) is 0 Å². The third-order valence-corrected chi connectivity index (χ3v) is 10.6. The van der Waals surface area contributed by atoms with E-state index in [2.05, 4.69) is 0 Å². The molecule has 0 unspecified atom stereocenters. The van der Waals surface area contributed by atoms with Crippen LogP contribution in [-0.2, 0) is 0 Å². The zero-order chi connectivity index (χ0) is 50.5. The molecule has 8 aromatic rings. The Morgan fingerprint density at radius 2 is 0.696 bits per heavy atom. The molecule has 0 atom stereocenters. The van der Waals surface area contributed by atoms with E-state index in [0.29, 0.717) is 11.1 Å².